The summed E-state index contributed by atoms with van der Waals surface area (Å²) in [5, 5.41) is 5.59. The molecule has 3 aromatic rings. The van der Waals surface area contributed by atoms with Gasteiger partial charge in [0.25, 0.3) is 5.91 Å². The average molecular weight is 450 g/mol. The number of carbonyl (C=O) groups excluding carboxylic acids is 1. The number of aryl methyl sites for hydroxylation is 1. The molecule has 0 aliphatic rings. The van der Waals surface area contributed by atoms with E-state index >= 15 is 0 Å². The van der Waals surface area contributed by atoms with Crippen LogP contribution in [0.1, 0.15) is 5.56 Å². The highest BCUT2D eigenvalue weighted by Crippen LogP contribution is 2.24. The van der Waals surface area contributed by atoms with Gasteiger partial charge in [-0.05, 0) is 66.9 Å². The fraction of sp³-hybridized carbons (Fsp3) is 0.111. The summed E-state index contributed by atoms with van der Waals surface area (Å²) in [6.07, 6.45) is 1.75. The molecule has 1 aromatic heterocycles. The quantitative estimate of drug-likeness (QED) is 0.475. The first-order chi connectivity index (χ1) is 12.6. The van der Waals surface area contributed by atoms with Crippen molar-refractivity contribution in [3.8, 4) is 5.75 Å². The van der Waals surface area contributed by atoms with Gasteiger partial charge in [-0.2, -0.15) is 0 Å². The van der Waals surface area contributed by atoms with Gasteiger partial charge in [-0.1, -0.05) is 15.9 Å². The third kappa shape index (κ3) is 5.48. The molecular weight excluding hydrogens is 434 g/mol. The number of amides is 1. The van der Waals surface area contributed by atoms with Crippen LogP contribution in [-0.4, -0.2) is 17.5 Å². The van der Waals surface area contributed by atoms with Crippen LogP contribution in [0.25, 0.3) is 0 Å². The van der Waals surface area contributed by atoms with Crippen LogP contribution < -0.4 is 14.8 Å². The molecule has 0 atom stereocenters. The molecule has 8 heteroatoms. The predicted octanol–water partition coefficient (Wildman–Crippen LogP) is 5.35. The van der Waals surface area contributed by atoms with Crippen molar-refractivity contribution >= 4 is 55.9 Å². The minimum absolute atomic E-state index is 0.0385. The molecule has 2 aromatic carbocycles. The minimum atomic E-state index is -0.202. The number of benzene rings is 2. The number of ether oxygens (including phenoxy) is 1. The summed E-state index contributed by atoms with van der Waals surface area (Å²) in [6.45, 7) is 1.93. The molecule has 26 heavy (non-hydrogen) atoms. The van der Waals surface area contributed by atoms with Crippen LogP contribution in [0.5, 0.6) is 5.75 Å². The summed E-state index contributed by atoms with van der Waals surface area (Å²) in [7, 11) is 0. The van der Waals surface area contributed by atoms with Crippen LogP contribution in [0, 0.1) is 6.92 Å². The molecule has 0 unspecified atom stereocenters. The fourth-order valence-electron chi connectivity index (χ4n) is 2.04. The third-order valence-corrected chi connectivity index (χ3v) is 5.84. The number of halogens is 1. The van der Waals surface area contributed by atoms with E-state index in [0.29, 0.717) is 5.75 Å². The lowest BCUT2D eigenvalue weighted by Crippen LogP contribution is -2.20. The molecule has 134 valence electrons. The van der Waals surface area contributed by atoms with Crippen molar-refractivity contribution in [2.24, 2.45) is 0 Å². The Morgan fingerprint density at radius 2 is 2.08 bits per heavy atom. The van der Waals surface area contributed by atoms with Crippen LogP contribution in [0.3, 0.4) is 0 Å². The number of nitrogens with zero attached hydrogens (tertiary/aromatic N) is 1. The van der Waals surface area contributed by atoms with Crippen molar-refractivity contribution in [3.05, 3.63) is 64.1 Å². The third-order valence-electron chi connectivity index (χ3n) is 3.33. The van der Waals surface area contributed by atoms with Gasteiger partial charge in [0.1, 0.15) is 5.75 Å². The van der Waals surface area contributed by atoms with E-state index in [1.807, 2.05) is 54.8 Å². The molecule has 1 amide bonds. The molecule has 5 nitrogen and oxygen atoms in total. The summed E-state index contributed by atoms with van der Waals surface area (Å²) in [6, 6.07) is 13.2. The summed E-state index contributed by atoms with van der Waals surface area (Å²) in [5.74, 6) is 0.466. The first-order valence-electron chi connectivity index (χ1n) is 7.71. The van der Waals surface area contributed by atoms with Gasteiger partial charge in [0, 0.05) is 26.6 Å². The Kier molecular flexibility index (Phi) is 6.54. The average Bonchev–Trinajstić information content (AvgIpc) is 3.16. The molecule has 0 spiro atoms. The zero-order valence-electron chi connectivity index (χ0n) is 13.9. The van der Waals surface area contributed by atoms with E-state index in [2.05, 4.69) is 31.0 Å². The van der Waals surface area contributed by atoms with Crippen molar-refractivity contribution < 1.29 is 9.53 Å². The highest BCUT2D eigenvalue weighted by atomic mass is 79.9. The Morgan fingerprint density at radius 1 is 1.27 bits per heavy atom. The molecule has 2 N–H and O–H groups in total. The van der Waals surface area contributed by atoms with Gasteiger partial charge < -0.3 is 14.8 Å². The topological polar surface area (TPSA) is 63.2 Å². The number of nitrogens with one attached hydrogen (secondary N) is 2. The molecule has 0 fully saturated rings. The summed E-state index contributed by atoms with van der Waals surface area (Å²) in [5.41, 5.74) is 1.78. The van der Waals surface area contributed by atoms with E-state index in [1.165, 1.54) is 11.9 Å². The first-order valence-corrected chi connectivity index (χ1v) is 10.2. The Morgan fingerprint density at radius 3 is 2.77 bits per heavy atom. The zero-order valence-corrected chi connectivity index (χ0v) is 17.1. The van der Waals surface area contributed by atoms with E-state index < -0.39 is 0 Å². The number of thiazole rings is 1. The minimum Gasteiger partial charge on any atom is -0.484 e. The molecule has 3 rings (SSSR count). The lowest BCUT2D eigenvalue weighted by Gasteiger charge is -2.09. The van der Waals surface area contributed by atoms with Crippen LogP contribution in [0.15, 0.2) is 63.4 Å². The highest BCUT2D eigenvalue weighted by Gasteiger charge is 2.05. The van der Waals surface area contributed by atoms with Crippen molar-refractivity contribution in [3.63, 3.8) is 0 Å². The molecule has 0 aliphatic heterocycles. The number of hydrogen-bond acceptors (Lipinski definition) is 6. The van der Waals surface area contributed by atoms with Gasteiger partial charge in [-0.15, -0.1) is 11.3 Å². The maximum Gasteiger partial charge on any atom is 0.262 e. The molecule has 0 saturated carbocycles. The van der Waals surface area contributed by atoms with E-state index in [-0.39, 0.29) is 12.5 Å². The van der Waals surface area contributed by atoms with Crippen LogP contribution in [0.2, 0.25) is 0 Å². The Bertz CT molecular complexity index is 871. The smallest absolute Gasteiger partial charge is 0.262 e. The van der Waals surface area contributed by atoms with E-state index in [0.717, 1.165) is 25.8 Å². The van der Waals surface area contributed by atoms with Crippen LogP contribution in [-0.2, 0) is 4.79 Å². The number of carbonyl (C=O) groups is 1. The Balaban J connectivity index is 1.47. The van der Waals surface area contributed by atoms with Crippen molar-refractivity contribution in [1.82, 2.24) is 4.98 Å². The summed E-state index contributed by atoms with van der Waals surface area (Å²) < 4.78 is 9.70. The van der Waals surface area contributed by atoms with Crippen molar-refractivity contribution in [1.29, 1.82) is 0 Å². The van der Waals surface area contributed by atoms with Gasteiger partial charge in [0.15, 0.2) is 11.7 Å². The highest BCUT2D eigenvalue weighted by molar-refractivity contribution is 9.10. The Hall–Kier alpha value is -2.03. The number of hydrogen-bond donors (Lipinski definition) is 2. The van der Waals surface area contributed by atoms with E-state index in [9.17, 15) is 4.79 Å². The van der Waals surface area contributed by atoms with Gasteiger partial charge in [0.2, 0.25) is 0 Å². The second kappa shape index (κ2) is 9.07. The molecule has 0 radical (unpaired) electrons. The molecule has 0 saturated heterocycles. The van der Waals surface area contributed by atoms with Gasteiger partial charge in [-0.25, -0.2) is 4.98 Å². The summed E-state index contributed by atoms with van der Waals surface area (Å²) >= 11 is 6.45. The summed E-state index contributed by atoms with van der Waals surface area (Å²) in [4.78, 5) is 17.2. The Labute approximate surface area is 168 Å². The first kappa shape index (κ1) is 18.8. The van der Waals surface area contributed by atoms with E-state index in [4.69, 9.17) is 4.74 Å². The van der Waals surface area contributed by atoms with Crippen molar-refractivity contribution in [2.75, 3.05) is 16.6 Å². The van der Waals surface area contributed by atoms with Gasteiger partial charge in [-0.3, -0.25) is 4.79 Å². The lowest BCUT2D eigenvalue weighted by atomic mass is 10.2. The number of aromatic nitrogens is 1. The second-order valence-electron chi connectivity index (χ2n) is 5.31. The van der Waals surface area contributed by atoms with E-state index in [1.54, 1.807) is 17.5 Å². The largest absolute Gasteiger partial charge is 0.484 e. The standard InChI is InChI=1S/C18H16BrN3O2S2/c1-12-10-14(4-7-16(12)19)24-11-17(23)21-13-2-5-15(6-3-13)26-22-18-20-8-9-25-18/h2-10H,11H2,1H3,(H,20,22)(H,21,23). The number of anilines is 2. The maximum absolute atomic E-state index is 12.0. The predicted molar refractivity (Wildman–Crippen MR) is 111 cm³/mol. The normalized spacial score (nSPS) is 10.4. The molecular formula is C18H16BrN3O2S2. The van der Waals surface area contributed by atoms with Gasteiger partial charge in [0.05, 0.1) is 0 Å². The maximum atomic E-state index is 12.0. The van der Waals surface area contributed by atoms with Crippen LogP contribution >= 0.6 is 39.2 Å². The number of rotatable bonds is 7. The molecule has 0 aliphatic carbocycles. The second-order valence-corrected chi connectivity index (χ2v) is 7.94. The molecule has 1 heterocycles. The zero-order chi connectivity index (χ0) is 18.4. The van der Waals surface area contributed by atoms with Crippen molar-refractivity contribution in [2.45, 2.75) is 11.8 Å². The van der Waals surface area contributed by atoms with Gasteiger partial charge >= 0.3 is 0 Å². The molecule has 0 bridgehead atoms. The van der Waals surface area contributed by atoms with Crippen LogP contribution in [0.4, 0.5) is 10.8 Å². The lowest BCUT2D eigenvalue weighted by molar-refractivity contribution is -0.118. The monoisotopic (exact) mass is 449 g/mol. The SMILES string of the molecule is Cc1cc(OCC(=O)Nc2ccc(SNc3nccs3)cc2)ccc1Br. The fourth-order valence-corrected chi connectivity index (χ4v) is 3.50.